The molecular weight excluding hydrogens is 260 g/mol. The lowest BCUT2D eigenvalue weighted by Crippen LogP contribution is -2.00. The number of benzene rings is 1. The van der Waals surface area contributed by atoms with Gasteiger partial charge in [0.25, 0.3) is 0 Å². The number of hydrogen-bond acceptors (Lipinski definition) is 4. The van der Waals surface area contributed by atoms with Gasteiger partial charge >= 0.3 is 5.97 Å². The Labute approximate surface area is 115 Å². The number of rotatable bonds is 4. The van der Waals surface area contributed by atoms with E-state index in [1.54, 1.807) is 0 Å². The van der Waals surface area contributed by atoms with E-state index in [0.717, 1.165) is 28.7 Å². The highest BCUT2D eigenvalue weighted by atomic mass is 32.2. The van der Waals surface area contributed by atoms with E-state index < -0.39 is 5.97 Å². The summed E-state index contributed by atoms with van der Waals surface area (Å²) in [6, 6.07) is 9.95. The van der Waals surface area contributed by atoms with Crippen LogP contribution in [0.5, 0.6) is 0 Å². The first-order valence-electron chi connectivity index (χ1n) is 5.82. The molecule has 0 aliphatic rings. The first-order chi connectivity index (χ1) is 9.04. The first kappa shape index (κ1) is 13.5. The number of aryl methyl sites for hydroxylation is 2. The third-order valence-electron chi connectivity index (χ3n) is 2.51. The van der Waals surface area contributed by atoms with Gasteiger partial charge in [-0.25, -0.2) is 9.97 Å². The molecule has 0 amide bonds. The van der Waals surface area contributed by atoms with Crippen LogP contribution in [-0.2, 0) is 4.79 Å². The average Bonchev–Trinajstić information content (AvgIpc) is 2.36. The molecule has 0 spiro atoms. The Balaban J connectivity index is 2.30. The van der Waals surface area contributed by atoms with Crippen molar-refractivity contribution in [2.45, 2.75) is 19.0 Å². The molecule has 0 atom stereocenters. The number of carbonyl (C=O) groups is 1. The van der Waals surface area contributed by atoms with Crippen LogP contribution < -0.4 is 0 Å². The largest absolute Gasteiger partial charge is 0.481 e. The number of aliphatic carboxylic acids is 1. The Bertz CT molecular complexity index is 597. The molecule has 1 aromatic heterocycles. The van der Waals surface area contributed by atoms with Crippen LogP contribution in [0, 0.1) is 13.8 Å². The van der Waals surface area contributed by atoms with Gasteiger partial charge in [0.15, 0.2) is 5.16 Å². The van der Waals surface area contributed by atoms with Gasteiger partial charge in [-0.1, -0.05) is 41.6 Å². The van der Waals surface area contributed by atoms with Gasteiger partial charge in [0.1, 0.15) is 0 Å². The highest BCUT2D eigenvalue weighted by Gasteiger charge is 2.07. The predicted octanol–water partition coefficient (Wildman–Crippen LogP) is 2.94. The maximum Gasteiger partial charge on any atom is 0.313 e. The predicted molar refractivity (Wildman–Crippen MR) is 75.3 cm³/mol. The number of carboxylic acid groups (broad SMARTS) is 1. The SMILES string of the molecule is Cc1ccc(-c2cc(C)nc(SCC(=O)O)n2)cc1. The lowest BCUT2D eigenvalue weighted by molar-refractivity contribution is -0.133. The fourth-order valence-corrected chi connectivity index (χ4v) is 2.23. The van der Waals surface area contributed by atoms with Crippen LogP contribution in [0.3, 0.4) is 0 Å². The summed E-state index contributed by atoms with van der Waals surface area (Å²) in [6.07, 6.45) is 0. The van der Waals surface area contributed by atoms with Crippen LogP contribution in [0.2, 0.25) is 0 Å². The molecule has 0 bridgehead atoms. The minimum absolute atomic E-state index is 0.0310. The summed E-state index contributed by atoms with van der Waals surface area (Å²) in [6.45, 7) is 3.91. The molecule has 98 valence electrons. The molecule has 0 aliphatic heterocycles. The zero-order chi connectivity index (χ0) is 13.8. The normalized spacial score (nSPS) is 10.4. The maximum atomic E-state index is 10.6. The van der Waals surface area contributed by atoms with Gasteiger partial charge in [-0.15, -0.1) is 0 Å². The number of carboxylic acids is 1. The monoisotopic (exact) mass is 274 g/mol. The highest BCUT2D eigenvalue weighted by molar-refractivity contribution is 7.99. The topological polar surface area (TPSA) is 63.1 Å². The fraction of sp³-hybridized carbons (Fsp3) is 0.214. The molecule has 19 heavy (non-hydrogen) atoms. The summed E-state index contributed by atoms with van der Waals surface area (Å²) >= 11 is 1.13. The Morgan fingerprint density at radius 2 is 1.89 bits per heavy atom. The number of aromatic nitrogens is 2. The van der Waals surface area contributed by atoms with Crippen molar-refractivity contribution in [1.82, 2.24) is 9.97 Å². The van der Waals surface area contributed by atoms with Crippen molar-refractivity contribution >= 4 is 17.7 Å². The molecule has 0 unspecified atom stereocenters. The van der Waals surface area contributed by atoms with Crippen LogP contribution in [0.1, 0.15) is 11.3 Å². The van der Waals surface area contributed by atoms with E-state index >= 15 is 0 Å². The molecule has 0 aliphatic carbocycles. The van der Waals surface area contributed by atoms with Crippen molar-refractivity contribution in [2.75, 3.05) is 5.75 Å². The van der Waals surface area contributed by atoms with Gasteiger partial charge in [-0.3, -0.25) is 4.79 Å². The number of hydrogen-bond donors (Lipinski definition) is 1. The van der Waals surface area contributed by atoms with Gasteiger partial charge in [0.05, 0.1) is 11.4 Å². The van der Waals surface area contributed by atoms with Crippen LogP contribution in [0.25, 0.3) is 11.3 Å². The summed E-state index contributed by atoms with van der Waals surface area (Å²) in [5.41, 5.74) is 3.85. The third kappa shape index (κ3) is 3.79. The highest BCUT2D eigenvalue weighted by Crippen LogP contribution is 2.22. The lowest BCUT2D eigenvalue weighted by Gasteiger charge is -2.05. The average molecular weight is 274 g/mol. The molecule has 2 aromatic rings. The minimum Gasteiger partial charge on any atom is -0.481 e. The lowest BCUT2D eigenvalue weighted by atomic mass is 10.1. The maximum absolute atomic E-state index is 10.6. The molecule has 2 rings (SSSR count). The third-order valence-corrected chi connectivity index (χ3v) is 3.34. The molecule has 0 saturated carbocycles. The van der Waals surface area contributed by atoms with Crippen molar-refractivity contribution in [3.63, 3.8) is 0 Å². The zero-order valence-corrected chi connectivity index (χ0v) is 11.6. The van der Waals surface area contributed by atoms with E-state index in [9.17, 15) is 4.79 Å². The van der Waals surface area contributed by atoms with Crippen molar-refractivity contribution < 1.29 is 9.90 Å². The van der Waals surface area contributed by atoms with E-state index in [2.05, 4.69) is 9.97 Å². The molecule has 1 heterocycles. The smallest absolute Gasteiger partial charge is 0.313 e. The van der Waals surface area contributed by atoms with E-state index in [1.165, 1.54) is 5.56 Å². The van der Waals surface area contributed by atoms with Crippen LogP contribution in [0.4, 0.5) is 0 Å². The molecule has 1 aromatic carbocycles. The molecule has 1 N–H and O–H groups in total. The van der Waals surface area contributed by atoms with E-state index in [0.29, 0.717) is 5.16 Å². The van der Waals surface area contributed by atoms with Crippen molar-refractivity contribution in [3.8, 4) is 11.3 Å². The van der Waals surface area contributed by atoms with Crippen LogP contribution >= 0.6 is 11.8 Å². The summed E-state index contributed by atoms with van der Waals surface area (Å²) in [7, 11) is 0. The molecular formula is C14H14N2O2S. The van der Waals surface area contributed by atoms with E-state index in [-0.39, 0.29) is 5.75 Å². The summed E-state index contributed by atoms with van der Waals surface area (Å²) in [4.78, 5) is 19.2. The quantitative estimate of drug-likeness (QED) is 0.686. The Morgan fingerprint density at radius 1 is 1.21 bits per heavy atom. The van der Waals surface area contributed by atoms with Crippen LogP contribution in [0.15, 0.2) is 35.5 Å². The van der Waals surface area contributed by atoms with Gasteiger partial charge in [0.2, 0.25) is 0 Å². The molecule has 0 fully saturated rings. The molecule has 5 heteroatoms. The van der Waals surface area contributed by atoms with Crippen molar-refractivity contribution in [3.05, 3.63) is 41.6 Å². The van der Waals surface area contributed by atoms with Crippen molar-refractivity contribution in [2.24, 2.45) is 0 Å². The van der Waals surface area contributed by atoms with Crippen LogP contribution in [-0.4, -0.2) is 26.8 Å². The summed E-state index contributed by atoms with van der Waals surface area (Å²) in [5.74, 6) is -0.899. The first-order valence-corrected chi connectivity index (χ1v) is 6.80. The Hall–Kier alpha value is -1.88. The summed E-state index contributed by atoms with van der Waals surface area (Å²) in [5, 5.41) is 9.18. The molecule has 0 radical (unpaired) electrons. The van der Waals surface area contributed by atoms with Gasteiger partial charge in [-0.05, 0) is 19.9 Å². The van der Waals surface area contributed by atoms with E-state index in [1.807, 2.05) is 44.2 Å². The van der Waals surface area contributed by atoms with Crippen molar-refractivity contribution in [1.29, 1.82) is 0 Å². The molecule has 0 saturated heterocycles. The minimum atomic E-state index is -0.869. The number of thioether (sulfide) groups is 1. The molecule has 4 nitrogen and oxygen atoms in total. The van der Waals surface area contributed by atoms with E-state index in [4.69, 9.17) is 5.11 Å². The summed E-state index contributed by atoms with van der Waals surface area (Å²) < 4.78 is 0. The standard InChI is InChI=1S/C14H14N2O2S/c1-9-3-5-11(6-4-9)12-7-10(2)15-14(16-12)19-8-13(17)18/h3-7H,8H2,1-2H3,(H,17,18). The van der Waals surface area contributed by atoms with Gasteiger partial charge in [-0.2, -0.15) is 0 Å². The van der Waals surface area contributed by atoms with Gasteiger partial charge in [0, 0.05) is 11.3 Å². The second-order valence-corrected chi connectivity index (χ2v) is 5.17. The second-order valence-electron chi connectivity index (χ2n) is 4.23. The second kappa shape index (κ2) is 5.84. The fourth-order valence-electron chi connectivity index (χ4n) is 1.60. The Kier molecular flexibility index (Phi) is 4.16. The Morgan fingerprint density at radius 3 is 2.53 bits per heavy atom. The zero-order valence-electron chi connectivity index (χ0n) is 10.8. The van der Waals surface area contributed by atoms with Gasteiger partial charge < -0.3 is 5.11 Å². The number of nitrogens with zero attached hydrogens (tertiary/aromatic N) is 2.